The first-order valence-corrected chi connectivity index (χ1v) is 6.92. The van der Waals surface area contributed by atoms with E-state index in [1.807, 2.05) is 5.38 Å². The first-order valence-electron chi connectivity index (χ1n) is 6.04. The largest absolute Gasteiger partial charge is 0.449 e. The van der Waals surface area contributed by atoms with Gasteiger partial charge in [0.05, 0.1) is 12.2 Å². The molecule has 98 valence electrons. The van der Waals surface area contributed by atoms with Crippen LogP contribution in [-0.4, -0.2) is 18.6 Å². The number of nitrogens with one attached hydrogen (secondary N) is 2. The third-order valence-corrected chi connectivity index (χ3v) is 3.95. The summed E-state index contributed by atoms with van der Waals surface area (Å²) in [7, 11) is 0. The van der Waals surface area contributed by atoms with Crippen LogP contribution in [0, 0.1) is 0 Å². The van der Waals surface area contributed by atoms with Crippen molar-refractivity contribution >= 4 is 23.3 Å². The summed E-state index contributed by atoms with van der Waals surface area (Å²) >= 11 is 1.62. The zero-order valence-corrected chi connectivity index (χ0v) is 11.1. The number of thiophene rings is 1. The minimum Gasteiger partial charge on any atom is -0.449 e. The number of hydrogen-bond acceptors (Lipinski definition) is 4. The van der Waals surface area contributed by atoms with E-state index in [0.717, 1.165) is 24.8 Å². The third-order valence-electron chi connectivity index (χ3n) is 2.86. The van der Waals surface area contributed by atoms with Crippen LogP contribution in [0.4, 0.5) is 4.79 Å². The lowest BCUT2D eigenvalue weighted by Crippen LogP contribution is -2.42. The van der Waals surface area contributed by atoms with Crippen molar-refractivity contribution in [1.82, 2.24) is 10.9 Å². The molecule has 0 aliphatic heterocycles. The molecule has 18 heavy (non-hydrogen) atoms. The summed E-state index contributed by atoms with van der Waals surface area (Å²) in [6.45, 7) is 1.98. The Labute approximate surface area is 109 Å². The van der Waals surface area contributed by atoms with Crippen molar-refractivity contribution < 1.29 is 14.3 Å². The normalized spacial score (nSPS) is 13.6. The molecule has 1 aromatic heterocycles. The predicted octanol–water partition coefficient (Wildman–Crippen LogP) is 2.02. The number of amides is 2. The maximum atomic E-state index is 11.9. The molecule has 2 N–H and O–H groups in total. The highest BCUT2D eigenvalue weighted by atomic mass is 32.1. The van der Waals surface area contributed by atoms with E-state index in [2.05, 4.69) is 15.6 Å². The lowest BCUT2D eigenvalue weighted by molar-refractivity contribution is 0.0912. The third kappa shape index (κ3) is 2.81. The highest BCUT2D eigenvalue weighted by Crippen LogP contribution is 2.29. The minimum atomic E-state index is -0.644. The Morgan fingerprint density at radius 2 is 2.11 bits per heavy atom. The molecular formula is C12H16N2O3S. The van der Waals surface area contributed by atoms with Crippen LogP contribution in [0.3, 0.4) is 0 Å². The van der Waals surface area contributed by atoms with E-state index in [4.69, 9.17) is 0 Å². The van der Waals surface area contributed by atoms with Gasteiger partial charge in [-0.3, -0.25) is 10.2 Å². The van der Waals surface area contributed by atoms with Crippen LogP contribution >= 0.6 is 11.3 Å². The Morgan fingerprint density at radius 3 is 2.89 bits per heavy atom. The average molecular weight is 268 g/mol. The molecule has 0 fully saturated rings. The van der Waals surface area contributed by atoms with E-state index < -0.39 is 6.09 Å². The highest BCUT2D eigenvalue weighted by Gasteiger charge is 2.20. The first-order chi connectivity index (χ1) is 8.72. The smallest absolute Gasteiger partial charge is 0.426 e. The van der Waals surface area contributed by atoms with Crippen LogP contribution in [0.15, 0.2) is 5.38 Å². The summed E-state index contributed by atoms with van der Waals surface area (Å²) in [6, 6.07) is 0. The predicted molar refractivity (Wildman–Crippen MR) is 68.6 cm³/mol. The number of ether oxygens (including phenoxy) is 1. The van der Waals surface area contributed by atoms with Crippen molar-refractivity contribution in [2.24, 2.45) is 0 Å². The van der Waals surface area contributed by atoms with Crippen molar-refractivity contribution in [2.75, 3.05) is 6.61 Å². The molecule has 2 amide bonds. The van der Waals surface area contributed by atoms with Crippen molar-refractivity contribution in [3.05, 3.63) is 21.4 Å². The van der Waals surface area contributed by atoms with Gasteiger partial charge in [0, 0.05) is 10.3 Å². The number of carbonyl (C=O) groups excluding carboxylic acids is 2. The molecule has 0 saturated carbocycles. The van der Waals surface area contributed by atoms with Gasteiger partial charge < -0.3 is 4.74 Å². The van der Waals surface area contributed by atoms with E-state index in [0.29, 0.717) is 5.56 Å². The molecule has 0 saturated heterocycles. The van der Waals surface area contributed by atoms with Gasteiger partial charge in [-0.1, -0.05) is 0 Å². The molecule has 1 aliphatic carbocycles. The van der Waals surface area contributed by atoms with E-state index in [1.54, 1.807) is 18.3 Å². The quantitative estimate of drug-likeness (QED) is 0.806. The zero-order chi connectivity index (χ0) is 13.0. The lowest BCUT2D eigenvalue weighted by Gasteiger charge is -2.12. The molecule has 5 nitrogen and oxygen atoms in total. The number of carbonyl (C=O) groups is 2. The fourth-order valence-corrected chi connectivity index (χ4v) is 3.15. The van der Waals surface area contributed by atoms with Crippen LogP contribution in [0.1, 0.15) is 40.6 Å². The van der Waals surface area contributed by atoms with E-state index in [9.17, 15) is 9.59 Å². The lowest BCUT2D eigenvalue weighted by atomic mass is 9.96. The monoisotopic (exact) mass is 268 g/mol. The van der Waals surface area contributed by atoms with Crippen LogP contribution in [0.2, 0.25) is 0 Å². The fraction of sp³-hybridized carbons (Fsp3) is 0.500. The Hall–Kier alpha value is -1.56. The summed E-state index contributed by atoms with van der Waals surface area (Å²) in [5.41, 5.74) is 6.39. The van der Waals surface area contributed by atoms with Gasteiger partial charge in [-0.25, -0.2) is 10.2 Å². The van der Waals surface area contributed by atoms with Crippen LogP contribution in [0.5, 0.6) is 0 Å². The molecule has 0 aromatic carbocycles. The van der Waals surface area contributed by atoms with Gasteiger partial charge in [0.25, 0.3) is 5.91 Å². The molecule has 0 radical (unpaired) electrons. The molecule has 6 heteroatoms. The molecule has 0 unspecified atom stereocenters. The molecule has 1 aliphatic rings. The van der Waals surface area contributed by atoms with Gasteiger partial charge in [-0.05, 0) is 38.2 Å². The molecular weight excluding hydrogens is 252 g/mol. The topological polar surface area (TPSA) is 67.4 Å². The number of hydrazine groups is 1. The van der Waals surface area contributed by atoms with Crippen LogP contribution < -0.4 is 10.9 Å². The van der Waals surface area contributed by atoms with Crippen molar-refractivity contribution in [3.8, 4) is 0 Å². The Bertz CT molecular complexity index is 456. The van der Waals surface area contributed by atoms with Crippen molar-refractivity contribution in [3.63, 3.8) is 0 Å². The van der Waals surface area contributed by atoms with Crippen LogP contribution in [0.25, 0.3) is 0 Å². The van der Waals surface area contributed by atoms with Gasteiger partial charge in [-0.15, -0.1) is 11.3 Å². The maximum absolute atomic E-state index is 11.9. The molecule has 2 rings (SSSR count). The molecule has 0 atom stereocenters. The van der Waals surface area contributed by atoms with Crippen LogP contribution in [-0.2, 0) is 17.6 Å². The minimum absolute atomic E-state index is 0.273. The number of rotatable bonds is 2. The maximum Gasteiger partial charge on any atom is 0.426 e. The van der Waals surface area contributed by atoms with E-state index in [-0.39, 0.29) is 12.5 Å². The van der Waals surface area contributed by atoms with Gasteiger partial charge in [0.15, 0.2) is 0 Å². The molecule has 0 bridgehead atoms. The summed E-state index contributed by atoms with van der Waals surface area (Å²) in [5.74, 6) is -0.276. The van der Waals surface area contributed by atoms with Crippen molar-refractivity contribution in [1.29, 1.82) is 0 Å². The van der Waals surface area contributed by atoms with E-state index >= 15 is 0 Å². The second-order valence-electron chi connectivity index (χ2n) is 4.06. The number of aryl methyl sites for hydroxylation is 1. The second-order valence-corrected chi connectivity index (χ2v) is 5.02. The van der Waals surface area contributed by atoms with Gasteiger partial charge in [0.2, 0.25) is 0 Å². The van der Waals surface area contributed by atoms with Gasteiger partial charge in [0.1, 0.15) is 0 Å². The van der Waals surface area contributed by atoms with Crippen molar-refractivity contribution in [2.45, 2.75) is 32.6 Å². The van der Waals surface area contributed by atoms with E-state index in [1.165, 1.54) is 11.3 Å². The summed E-state index contributed by atoms with van der Waals surface area (Å²) in [4.78, 5) is 24.3. The average Bonchev–Trinajstić information content (AvgIpc) is 2.80. The Morgan fingerprint density at radius 1 is 1.33 bits per heavy atom. The molecule has 1 aromatic rings. The van der Waals surface area contributed by atoms with Gasteiger partial charge in [-0.2, -0.15) is 0 Å². The zero-order valence-electron chi connectivity index (χ0n) is 10.2. The summed E-state index contributed by atoms with van der Waals surface area (Å²) in [5, 5.41) is 1.86. The first kappa shape index (κ1) is 12.9. The Kier molecular flexibility index (Phi) is 4.19. The summed E-state index contributed by atoms with van der Waals surface area (Å²) < 4.78 is 4.66. The number of fused-ring (bicyclic) bond motifs is 1. The number of hydrogen-bond donors (Lipinski definition) is 2. The molecule has 1 heterocycles. The second kappa shape index (κ2) is 5.86. The summed E-state index contributed by atoms with van der Waals surface area (Å²) in [6.07, 6.45) is 3.67. The highest BCUT2D eigenvalue weighted by molar-refractivity contribution is 7.10. The SMILES string of the molecule is CCOC(=O)NNC(=O)c1csc2c1CCCC2. The Balaban J connectivity index is 1.97. The standard InChI is InChI=1S/C12H16N2O3S/c1-2-17-12(16)14-13-11(15)9-7-18-10-6-4-3-5-8(9)10/h7H,2-6H2,1H3,(H,13,15)(H,14,16). The fourth-order valence-electron chi connectivity index (χ4n) is 2.03. The van der Waals surface area contributed by atoms with Gasteiger partial charge >= 0.3 is 6.09 Å². The molecule has 0 spiro atoms.